The Morgan fingerprint density at radius 2 is 1.97 bits per heavy atom. The van der Waals surface area contributed by atoms with E-state index in [0.717, 1.165) is 86.8 Å². The third kappa shape index (κ3) is 6.16. The van der Waals surface area contributed by atoms with Crippen LogP contribution in [0.2, 0.25) is 0 Å². The van der Waals surface area contributed by atoms with Crippen molar-refractivity contribution < 1.29 is 9.53 Å². The van der Waals surface area contributed by atoms with Gasteiger partial charge in [-0.15, -0.1) is 11.3 Å². The second-order valence-electron chi connectivity index (χ2n) is 9.01. The Morgan fingerprint density at radius 3 is 2.77 bits per heavy atom. The van der Waals surface area contributed by atoms with Crippen molar-refractivity contribution in [2.24, 2.45) is 0 Å². The molecule has 3 aromatic heterocycles. The molecule has 0 atom stereocenters. The van der Waals surface area contributed by atoms with Crippen LogP contribution >= 0.6 is 11.3 Å². The molecule has 0 unspecified atom stereocenters. The van der Waals surface area contributed by atoms with E-state index in [0.29, 0.717) is 12.0 Å². The Balaban J connectivity index is 1.21. The zero-order valence-electron chi connectivity index (χ0n) is 19.8. The maximum Gasteiger partial charge on any atom is 0.243 e. The van der Waals surface area contributed by atoms with Gasteiger partial charge in [0, 0.05) is 37.9 Å². The Labute approximate surface area is 208 Å². The van der Waals surface area contributed by atoms with Gasteiger partial charge < -0.3 is 20.7 Å². The number of nitrogens with zero attached hydrogens (tertiary/aromatic N) is 5. The Bertz CT molecular complexity index is 1150. The summed E-state index contributed by atoms with van der Waals surface area (Å²) in [7, 11) is 0. The molecule has 2 aliphatic rings. The number of morpholine rings is 1. The summed E-state index contributed by atoms with van der Waals surface area (Å²) in [5.41, 5.74) is 1.78. The number of thiophene rings is 1. The number of hydrogen-bond acceptors (Lipinski definition) is 9. The van der Waals surface area contributed by atoms with Gasteiger partial charge in [-0.3, -0.25) is 14.4 Å². The van der Waals surface area contributed by atoms with Gasteiger partial charge in [-0.2, -0.15) is 10.1 Å². The molecule has 2 fully saturated rings. The van der Waals surface area contributed by atoms with Crippen molar-refractivity contribution >= 4 is 44.9 Å². The van der Waals surface area contributed by atoms with Gasteiger partial charge in [0.1, 0.15) is 5.82 Å². The van der Waals surface area contributed by atoms with E-state index in [2.05, 4.69) is 32.5 Å². The van der Waals surface area contributed by atoms with Crippen molar-refractivity contribution in [3.05, 3.63) is 36.5 Å². The third-order valence-corrected chi connectivity index (χ3v) is 7.45. The SMILES string of the molecule is C=CC(=O)NC1CCC(Nc2nc(Nc3cnn(CCN4CCOCC4)c3)nc3ccsc23)CC1. The van der Waals surface area contributed by atoms with E-state index >= 15 is 0 Å². The van der Waals surface area contributed by atoms with Crippen molar-refractivity contribution in [1.29, 1.82) is 0 Å². The highest BCUT2D eigenvalue weighted by molar-refractivity contribution is 7.17. The lowest BCUT2D eigenvalue weighted by Gasteiger charge is -2.29. The van der Waals surface area contributed by atoms with Crippen molar-refractivity contribution in [1.82, 2.24) is 30.0 Å². The number of ether oxygens (including phenoxy) is 1. The monoisotopic (exact) mass is 496 g/mol. The molecule has 186 valence electrons. The molecule has 4 heterocycles. The highest BCUT2D eigenvalue weighted by Gasteiger charge is 2.23. The topological polar surface area (TPSA) is 109 Å². The molecule has 0 spiro atoms. The fourth-order valence-electron chi connectivity index (χ4n) is 4.60. The molecule has 10 nitrogen and oxygen atoms in total. The van der Waals surface area contributed by atoms with E-state index in [1.54, 1.807) is 11.3 Å². The van der Waals surface area contributed by atoms with Gasteiger partial charge in [0.15, 0.2) is 0 Å². The normalized spacial score (nSPS) is 21.0. The molecule has 1 aliphatic carbocycles. The molecule has 1 saturated heterocycles. The van der Waals surface area contributed by atoms with E-state index in [1.807, 2.05) is 28.5 Å². The van der Waals surface area contributed by atoms with Gasteiger partial charge >= 0.3 is 0 Å². The van der Waals surface area contributed by atoms with Crippen molar-refractivity contribution in [3.8, 4) is 0 Å². The van der Waals surface area contributed by atoms with Crippen LogP contribution in [0.15, 0.2) is 36.5 Å². The van der Waals surface area contributed by atoms with Crippen LogP contribution in [0, 0.1) is 0 Å². The molecular weight excluding hydrogens is 464 g/mol. The average molecular weight is 497 g/mol. The molecule has 1 aliphatic heterocycles. The summed E-state index contributed by atoms with van der Waals surface area (Å²) >= 11 is 1.64. The lowest BCUT2D eigenvalue weighted by Crippen LogP contribution is -2.39. The first-order chi connectivity index (χ1) is 17.2. The fraction of sp³-hybridized carbons (Fsp3) is 0.500. The molecule has 11 heteroatoms. The van der Waals surface area contributed by atoms with E-state index in [-0.39, 0.29) is 11.9 Å². The van der Waals surface area contributed by atoms with E-state index in [9.17, 15) is 4.79 Å². The van der Waals surface area contributed by atoms with Crippen LogP contribution < -0.4 is 16.0 Å². The molecule has 5 rings (SSSR count). The molecule has 1 saturated carbocycles. The number of amides is 1. The van der Waals surface area contributed by atoms with Crippen LogP contribution in [0.25, 0.3) is 10.2 Å². The van der Waals surface area contributed by atoms with Gasteiger partial charge in [0.2, 0.25) is 11.9 Å². The Hall–Kier alpha value is -3.02. The number of fused-ring (bicyclic) bond motifs is 1. The minimum absolute atomic E-state index is 0.0994. The minimum Gasteiger partial charge on any atom is -0.379 e. The zero-order valence-corrected chi connectivity index (χ0v) is 20.6. The summed E-state index contributed by atoms with van der Waals surface area (Å²) < 4.78 is 8.42. The molecule has 0 bridgehead atoms. The smallest absolute Gasteiger partial charge is 0.243 e. The molecule has 0 aromatic carbocycles. The van der Waals surface area contributed by atoms with Gasteiger partial charge in [0.05, 0.1) is 41.9 Å². The first kappa shape index (κ1) is 23.7. The van der Waals surface area contributed by atoms with Gasteiger partial charge in [-0.1, -0.05) is 6.58 Å². The van der Waals surface area contributed by atoms with Crippen LogP contribution in [0.4, 0.5) is 17.5 Å². The Morgan fingerprint density at radius 1 is 1.17 bits per heavy atom. The zero-order chi connectivity index (χ0) is 24.0. The predicted molar refractivity (Wildman–Crippen MR) is 138 cm³/mol. The molecular formula is C24H32N8O2S. The van der Waals surface area contributed by atoms with Gasteiger partial charge in [-0.25, -0.2) is 4.98 Å². The number of anilines is 3. The molecule has 0 radical (unpaired) electrons. The maximum absolute atomic E-state index is 11.6. The average Bonchev–Trinajstić information content (AvgIpc) is 3.54. The largest absolute Gasteiger partial charge is 0.379 e. The predicted octanol–water partition coefficient (Wildman–Crippen LogP) is 2.99. The van der Waals surface area contributed by atoms with E-state index < -0.39 is 0 Å². The summed E-state index contributed by atoms with van der Waals surface area (Å²) in [6.45, 7) is 8.87. The molecule has 3 aromatic rings. The quantitative estimate of drug-likeness (QED) is 0.388. The van der Waals surface area contributed by atoms with Crippen molar-refractivity contribution in [3.63, 3.8) is 0 Å². The summed E-state index contributed by atoms with van der Waals surface area (Å²) in [5, 5.41) is 16.5. The van der Waals surface area contributed by atoms with Crippen LogP contribution in [0.5, 0.6) is 0 Å². The van der Waals surface area contributed by atoms with Crippen molar-refractivity contribution in [2.45, 2.75) is 44.3 Å². The summed E-state index contributed by atoms with van der Waals surface area (Å²) in [4.78, 5) is 23.5. The molecule has 3 N–H and O–H groups in total. The summed E-state index contributed by atoms with van der Waals surface area (Å²) in [6.07, 6.45) is 8.95. The first-order valence-corrected chi connectivity index (χ1v) is 13.1. The lowest BCUT2D eigenvalue weighted by atomic mass is 9.91. The highest BCUT2D eigenvalue weighted by atomic mass is 32.1. The number of nitrogens with one attached hydrogen (secondary N) is 3. The van der Waals surface area contributed by atoms with Crippen LogP contribution in [0.1, 0.15) is 25.7 Å². The maximum atomic E-state index is 11.6. The van der Waals surface area contributed by atoms with Gasteiger partial charge in [0.25, 0.3) is 0 Å². The fourth-order valence-corrected chi connectivity index (χ4v) is 5.38. The lowest BCUT2D eigenvalue weighted by molar-refractivity contribution is -0.117. The van der Waals surface area contributed by atoms with E-state index in [1.165, 1.54) is 6.08 Å². The van der Waals surface area contributed by atoms with Gasteiger partial charge in [-0.05, 0) is 43.2 Å². The second-order valence-corrected chi connectivity index (χ2v) is 9.92. The molecule has 35 heavy (non-hydrogen) atoms. The van der Waals surface area contributed by atoms with Crippen molar-refractivity contribution in [2.75, 3.05) is 43.5 Å². The first-order valence-electron chi connectivity index (χ1n) is 12.2. The number of carbonyl (C=O) groups is 1. The number of carbonyl (C=O) groups excluding carboxylic acids is 1. The third-order valence-electron chi connectivity index (χ3n) is 6.54. The minimum atomic E-state index is -0.0994. The number of aromatic nitrogens is 4. The number of rotatable bonds is 9. The Kier molecular flexibility index (Phi) is 7.55. The standard InChI is InChI=1S/C24H32N8O2S/c1-2-21(33)26-17-3-5-18(6-4-17)27-23-22-20(7-14-35-22)29-24(30-23)28-19-15-25-32(16-19)9-8-31-10-12-34-13-11-31/h2,7,14-18H,1,3-6,8-13H2,(H,26,33)(H2,27,28,29,30). The number of hydrogen-bond donors (Lipinski definition) is 3. The summed E-state index contributed by atoms with van der Waals surface area (Å²) in [6, 6.07) is 2.54. The second kappa shape index (κ2) is 11.1. The summed E-state index contributed by atoms with van der Waals surface area (Å²) in [5.74, 6) is 1.31. The van der Waals surface area contributed by atoms with Crippen LogP contribution in [-0.4, -0.2) is 75.5 Å². The highest BCUT2D eigenvalue weighted by Crippen LogP contribution is 2.31. The van der Waals surface area contributed by atoms with E-state index in [4.69, 9.17) is 14.7 Å². The van der Waals surface area contributed by atoms with Crippen LogP contribution in [0.3, 0.4) is 0 Å². The molecule has 1 amide bonds. The van der Waals surface area contributed by atoms with Crippen LogP contribution in [-0.2, 0) is 16.1 Å².